The van der Waals surface area contributed by atoms with Crippen molar-refractivity contribution in [3.8, 4) is 16.3 Å². The standard InChI is InChI=1S/C22H15ClN2O3S/c1-28-17-9-11-19-21(13-17)29-22(24-19)16-7-4-14(5-8-16)2-3-15-6-10-18(23)20(12-15)25(26)27/h2-13H,1H3/b3-2+. The fourth-order valence-corrected chi connectivity index (χ4v) is 4.04. The van der Waals surface area contributed by atoms with E-state index >= 15 is 0 Å². The number of nitro benzene ring substituents is 1. The van der Waals surface area contributed by atoms with Gasteiger partial charge in [0.2, 0.25) is 0 Å². The summed E-state index contributed by atoms with van der Waals surface area (Å²) in [4.78, 5) is 15.2. The SMILES string of the molecule is COc1ccc2nc(-c3ccc(/C=C/c4ccc(Cl)c([N+](=O)[O-])c4)cc3)sc2c1. The molecule has 4 aromatic rings. The second kappa shape index (κ2) is 8.03. The van der Waals surface area contributed by atoms with Gasteiger partial charge in [0.25, 0.3) is 5.69 Å². The minimum atomic E-state index is -0.484. The van der Waals surface area contributed by atoms with Crippen LogP contribution in [0.3, 0.4) is 0 Å². The topological polar surface area (TPSA) is 65.3 Å². The van der Waals surface area contributed by atoms with E-state index in [1.807, 2.05) is 54.6 Å². The molecule has 1 heterocycles. The van der Waals surface area contributed by atoms with Crippen molar-refractivity contribution in [1.29, 1.82) is 0 Å². The Morgan fingerprint density at radius 2 is 1.76 bits per heavy atom. The third kappa shape index (κ3) is 4.13. The number of hydrogen-bond donors (Lipinski definition) is 0. The van der Waals surface area contributed by atoms with Gasteiger partial charge in [0, 0.05) is 11.6 Å². The molecule has 0 saturated carbocycles. The van der Waals surface area contributed by atoms with Crippen LogP contribution < -0.4 is 4.74 Å². The van der Waals surface area contributed by atoms with Gasteiger partial charge < -0.3 is 4.74 Å². The van der Waals surface area contributed by atoms with Gasteiger partial charge in [0.1, 0.15) is 15.8 Å². The molecule has 5 nitrogen and oxygen atoms in total. The molecule has 0 unspecified atom stereocenters. The van der Waals surface area contributed by atoms with Crippen molar-refractivity contribution in [2.45, 2.75) is 0 Å². The van der Waals surface area contributed by atoms with Crippen LogP contribution in [0.15, 0.2) is 60.7 Å². The van der Waals surface area contributed by atoms with Crippen LogP contribution in [-0.4, -0.2) is 17.0 Å². The highest BCUT2D eigenvalue weighted by Crippen LogP contribution is 2.32. The van der Waals surface area contributed by atoms with Gasteiger partial charge >= 0.3 is 0 Å². The van der Waals surface area contributed by atoms with E-state index in [2.05, 4.69) is 4.98 Å². The molecule has 144 valence electrons. The highest BCUT2D eigenvalue weighted by Gasteiger charge is 2.11. The first-order valence-corrected chi connectivity index (χ1v) is 9.90. The molecule has 1 aromatic heterocycles. The quantitative estimate of drug-likeness (QED) is 0.204. The number of ether oxygens (including phenoxy) is 1. The van der Waals surface area contributed by atoms with Crippen molar-refractivity contribution in [1.82, 2.24) is 4.98 Å². The number of nitrogens with zero attached hydrogens (tertiary/aromatic N) is 2. The summed E-state index contributed by atoms with van der Waals surface area (Å²) in [5.74, 6) is 0.815. The van der Waals surface area contributed by atoms with Crippen molar-refractivity contribution in [2.24, 2.45) is 0 Å². The maximum atomic E-state index is 11.0. The zero-order valence-electron chi connectivity index (χ0n) is 15.3. The van der Waals surface area contributed by atoms with E-state index in [-0.39, 0.29) is 10.7 Å². The zero-order chi connectivity index (χ0) is 20.4. The molecule has 0 aliphatic carbocycles. The van der Waals surface area contributed by atoms with Crippen LogP contribution in [0.25, 0.3) is 32.9 Å². The summed E-state index contributed by atoms with van der Waals surface area (Å²) in [6.07, 6.45) is 3.72. The van der Waals surface area contributed by atoms with Gasteiger partial charge in [-0.1, -0.05) is 54.1 Å². The summed E-state index contributed by atoms with van der Waals surface area (Å²) >= 11 is 7.47. The number of benzene rings is 3. The molecule has 0 aliphatic rings. The van der Waals surface area contributed by atoms with Crippen LogP contribution in [0.2, 0.25) is 5.02 Å². The Morgan fingerprint density at radius 3 is 2.48 bits per heavy atom. The smallest absolute Gasteiger partial charge is 0.288 e. The Labute approximate surface area is 176 Å². The van der Waals surface area contributed by atoms with Gasteiger partial charge in [-0.15, -0.1) is 11.3 Å². The molecule has 0 radical (unpaired) electrons. The molecule has 0 fully saturated rings. The van der Waals surface area contributed by atoms with Gasteiger partial charge in [-0.05, 0) is 35.4 Å². The maximum Gasteiger partial charge on any atom is 0.288 e. The van der Waals surface area contributed by atoms with Gasteiger partial charge in [0.15, 0.2) is 0 Å². The predicted octanol–water partition coefficient (Wildman–Crippen LogP) is 6.70. The molecule has 4 rings (SSSR count). The lowest BCUT2D eigenvalue weighted by Gasteiger charge is -1.99. The minimum Gasteiger partial charge on any atom is -0.497 e. The molecule has 0 amide bonds. The van der Waals surface area contributed by atoms with Gasteiger partial charge in [0.05, 0.1) is 22.2 Å². The normalized spacial score (nSPS) is 11.2. The van der Waals surface area contributed by atoms with Crippen molar-refractivity contribution in [3.05, 3.63) is 86.9 Å². The van der Waals surface area contributed by atoms with E-state index < -0.39 is 4.92 Å². The number of thiazole rings is 1. The molecule has 0 atom stereocenters. The molecule has 3 aromatic carbocycles. The Morgan fingerprint density at radius 1 is 1.03 bits per heavy atom. The summed E-state index contributed by atoms with van der Waals surface area (Å²) in [6.45, 7) is 0. The first-order valence-electron chi connectivity index (χ1n) is 8.70. The summed E-state index contributed by atoms with van der Waals surface area (Å²) < 4.78 is 6.35. The van der Waals surface area contributed by atoms with Crippen LogP contribution in [-0.2, 0) is 0 Å². The number of halogens is 1. The fraction of sp³-hybridized carbons (Fsp3) is 0.0455. The number of nitro groups is 1. The van der Waals surface area contributed by atoms with Gasteiger partial charge in [-0.2, -0.15) is 0 Å². The van der Waals surface area contributed by atoms with Crippen molar-refractivity contribution < 1.29 is 9.66 Å². The van der Waals surface area contributed by atoms with E-state index in [0.717, 1.165) is 32.1 Å². The largest absolute Gasteiger partial charge is 0.497 e. The first-order chi connectivity index (χ1) is 14.0. The third-order valence-electron chi connectivity index (χ3n) is 4.39. The molecule has 0 saturated heterocycles. The maximum absolute atomic E-state index is 11.0. The van der Waals surface area contributed by atoms with E-state index in [0.29, 0.717) is 5.56 Å². The second-order valence-corrected chi connectivity index (χ2v) is 7.71. The summed E-state index contributed by atoms with van der Waals surface area (Å²) in [5, 5.41) is 12.1. The Bertz CT molecular complexity index is 1230. The molecule has 7 heteroatoms. The Balaban J connectivity index is 1.56. The van der Waals surface area contributed by atoms with Crippen LogP contribution in [0.4, 0.5) is 5.69 Å². The molecule has 29 heavy (non-hydrogen) atoms. The van der Waals surface area contributed by atoms with Crippen molar-refractivity contribution in [2.75, 3.05) is 7.11 Å². The lowest BCUT2D eigenvalue weighted by atomic mass is 10.1. The van der Waals surface area contributed by atoms with E-state index in [4.69, 9.17) is 16.3 Å². The molecule has 0 N–H and O–H groups in total. The molecule has 0 aliphatic heterocycles. The first kappa shape index (κ1) is 19.1. The highest BCUT2D eigenvalue weighted by atomic mass is 35.5. The highest BCUT2D eigenvalue weighted by molar-refractivity contribution is 7.21. The lowest BCUT2D eigenvalue weighted by molar-refractivity contribution is -0.384. The third-order valence-corrected chi connectivity index (χ3v) is 5.78. The van der Waals surface area contributed by atoms with Crippen LogP contribution in [0.5, 0.6) is 5.75 Å². The molecular formula is C22H15ClN2O3S. The fourth-order valence-electron chi connectivity index (χ4n) is 2.86. The average Bonchev–Trinajstić information content (AvgIpc) is 3.16. The van der Waals surface area contributed by atoms with E-state index in [9.17, 15) is 10.1 Å². The number of methoxy groups -OCH3 is 1. The summed E-state index contributed by atoms with van der Waals surface area (Å²) in [6, 6.07) is 18.6. The Kier molecular flexibility index (Phi) is 5.29. The number of rotatable bonds is 5. The zero-order valence-corrected chi connectivity index (χ0v) is 16.9. The summed E-state index contributed by atoms with van der Waals surface area (Å²) in [7, 11) is 1.65. The Hall–Kier alpha value is -3.22. The monoisotopic (exact) mass is 422 g/mol. The van der Waals surface area contributed by atoms with Crippen LogP contribution in [0, 0.1) is 10.1 Å². The van der Waals surface area contributed by atoms with Gasteiger partial charge in [-0.3, -0.25) is 10.1 Å². The number of fused-ring (bicyclic) bond motifs is 1. The van der Waals surface area contributed by atoms with Crippen molar-refractivity contribution >= 4 is 51.0 Å². The predicted molar refractivity (Wildman–Crippen MR) is 119 cm³/mol. The molecule has 0 spiro atoms. The number of hydrogen-bond acceptors (Lipinski definition) is 5. The lowest BCUT2D eigenvalue weighted by Crippen LogP contribution is -1.89. The van der Waals surface area contributed by atoms with Crippen LogP contribution >= 0.6 is 22.9 Å². The average molecular weight is 423 g/mol. The van der Waals surface area contributed by atoms with E-state index in [1.165, 1.54) is 12.1 Å². The van der Waals surface area contributed by atoms with E-state index in [1.54, 1.807) is 24.5 Å². The van der Waals surface area contributed by atoms with Crippen molar-refractivity contribution in [3.63, 3.8) is 0 Å². The number of aromatic nitrogens is 1. The molecular weight excluding hydrogens is 408 g/mol. The van der Waals surface area contributed by atoms with Crippen LogP contribution in [0.1, 0.15) is 11.1 Å². The van der Waals surface area contributed by atoms with Gasteiger partial charge in [-0.25, -0.2) is 4.98 Å². The second-order valence-electron chi connectivity index (χ2n) is 6.28. The summed E-state index contributed by atoms with van der Waals surface area (Å²) in [5.41, 5.74) is 3.57. The molecule has 0 bridgehead atoms. The minimum absolute atomic E-state index is 0.100.